The fraction of sp³-hybridized carbons (Fsp3) is 0.500. The van der Waals surface area contributed by atoms with E-state index in [4.69, 9.17) is 9.84 Å². The first-order valence-electron chi connectivity index (χ1n) is 6.23. The van der Waals surface area contributed by atoms with E-state index in [-0.39, 0.29) is 23.5 Å². The second kappa shape index (κ2) is 6.29. The van der Waals surface area contributed by atoms with Crippen molar-refractivity contribution in [2.75, 3.05) is 31.6 Å². The van der Waals surface area contributed by atoms with Crippen LogP contribution in [0.15, 0.2) is 12.4 Å². The molecule has 0 aromatic carbocycles. The monoisotopic (exact) mass is 280 g/mol. The summed E-state index contributed by atoms with van der Waals surface area (Å²) >= 11 is 0. The second-order valence-corrected chi connectivity index (χ2v) is 4.40. The van der Waals surface area contributed by atoms with Crippen molar-refractivity contribution in [2.24, 2.45) is 0 Å². The Bertz CT molecular complexity index is 508. The van der Waals surface area contributed by atoms with Crippen LogP contribution in [-0.4, -0.2) is 64.2 Å². The molecule has 2 rings (SSSR count). The van der Waals surface area contributed by atoms with Gasteiger partial charge in [-0.1, -0.05) is 0 Å². The molecule has 0 bridgehead atoms. The molecule has 1 atom stereocenters. The minimum absolute atomic E-state index is 0.00373. The summed E-state index contributed by atoms with van der Waals surface area (Å²) in [5.74, 6) is -0.942. The van der Waals surface area contributed by atoms with Gasteiger partial charge < -0.3 is 20.1 Å². The van der Waals surface area contributed by atoms with E-state index in [0.717, 1.165) is 0 Å². The van der Waals surface area contributed by atoms with Crippen LogP contribution in [0, 0.1) is 0 Å². The predicted octanol–water partition coefficient (Wildman–Crippen LogP) is -0.166. The van der Waals surface area contributed by atoms with Gasteiger partial charge in [-0.05, 0) is 0 Å². The first kappa shape index (κ1) is 14.2. The molecule has 1 aliphatic rings. The average Bonchev–Trinajstić information content (AvgIpc) is 2.45. The van der Waals surface area contributed by atoms with Crippen LogP contribution in [0.25, 0.3) is 0 Å². The highest BCUT2D eigenvalue weighted by Crippen LogP contribution is 2.10. The van der Waals surface area contributed by atoms with Crippen molar-refractivity contribution in [3.8, 4) is 0 Å². The van der Waals surface area contributed by atoms with Crippen LogP contribution in [0.3, 0.4) is 0 Å². The lowest BCUT2D eigenvalue weighted by Crippen LogP contribution is -2.47. The van der Waals surface area contributed by atoms with Crippen molar-refractivity contribution in [2.45, 2.75) is 13.0 Å². The minimum Gasteiger partial charge on any atom is -0.476 e. The lowest BCUT2D eigenvalue weighted by Gasteiger charge is -2.32. The van der Waals surface area contributed by atoms with Crippen LogP contribution < -0.4 is 5.32 Å². The quantitative estimate of drug-likeness (QED) is 0.789. The number of nitrogens with zero attached hydrogens (tertiary/aromatic N) is 3. The number of carbonyl (C=O) groups excluding carboxylic acids is 1. The maximum absolute atomic E-state index is 11.3. The number of morpholine rings is 1. The molecule has 0 saturated carbocycles. The summed E-state index contributed by atoms with van der Waals surface area (Å²) < 4.78 is 5.53. The van der Waals surface area contributed by atoms with Gasteiger partial charge >= 0.3 is 5.97 Å². The third kappa shape index (κ3) is 3.41. The molecule has 0 spiro atoms. The summed E-state index contributed by atoms with van der Waals surface area (Å²) in [6.45, 7) is 3.41. The zero-order chi connectivity index (χ0) is 14.5. The first-order valence-corrected chi connectivity index (χ1v) is 6.23. The molecule has 0 unspecified atom stereocenters. The fourth-order valence-corrected chi connectivity index (χ4v) is 1.96. The van der Waals surface area contributed by atoms with E-state index >= 15 is 0 Å². The van der Waals surface area contributed by atoms with E-state index in [2.05, 4.69) is 15.3 Å². The number of aromatic nitrogens is 2. The molecule has 1 aromatic heterocycles. The van der Waals surface area contributed by atoms with E-state index in [1.165, 1.54) is 19.3 Å². The number of nitrogens with one attached hydrogen (secondary N) is 1. The topological polar surface area (TPSA) is 105 Å². The molecule has 108 valence electrons. The van der Waals surface area contributed by atoms with Gasteiger partial charge in [0.15, 0.2) is 11.5 Å². The highest BCUT2D eigenvalue weighted by molar-refractivity contribution is 5.90. The number of rotatable bonds is 4. The number of hydrogen-bond donors (Lipinski definition) is 2. The van der Waals surface area contributed by atoms with Crippen LogP contribution in [-0.2, 0) is 9.53 Å². The van der Waals surface area contributed by atoms with Crippen molar-refractivity contribution in [3.05, 3.63) is 18.1 Å². The van der Waals surface area contributed by atoms with Crippen LogP contribution in [0.5, 0.6) is 0 Å². The molecule has 1 aliphatic heterocycles. The van der Waals surface area contributed by atoms with E-state index in [1.54, 1.807) is 4.90 Å². The highest BCUT2D eigenvalue weighted by atomic mass is 16.5. The van der Waals surface area contributed by atoms with Crippen LogP contribution in [0.2, 0.25) is 0 Å². The van der Waals surface area contributed by atoms with Crippen molar-refractivity contribution in [1.82, 2.24) is 14.9 Å². The maximum Gasteiger partial charge on any atom is 0.358 e. The molecule has 2 heterocycles. The number of amides is 1. The van der Waals surface area contributed by atoms with Crippen molar-refractivity contribution < 1.29 is 19.4 Å². The van der Waals surface area contributed by atoms with E-state index in [1.807, 2.05) is 0 Å². The molecule has 2 N–H and O–H groups in total. The third-order valence-electron chi connectivity index (χ3n) is 2.98. The third-order valence-corrected chi connectivity index (χ3v) is 2.98. The van der Waals surface area contributed by atoms with E-state index < -0.39 is 5.97 Å². The largest absolute Gasteiger partial charge is 0.476 e. The van der Waals surface area contributed by atoms with Gasteiger partial charge in [-0.15, -0.1) is 0 Å². The Hall–Kier alpha value is -2.22. The lowest BCUT2D eigenvalue weighted by atomic mass is 10.2. The van der Waals surface area contributed by atoms with Gasteiger partial charge in [0, 0.05) is 39.0 Å². The van der Waals surface area contributed by atoms with Crippen molar-refractivity contribution in [1.29, 1.82) is 0 Å². The Morgan fingerprint density at radius 3 is 2.95 bits per heavy atom. The minimum atomic E-state index is -1.14. The normalized spacial score (nSPS) is 18.6. The van der Waals surface area contributed by atoms with E-state index in [0.29, 0.717) is 26.2 Å². The summed E-state index contributed by atoms with van der Waals surface area (Å²) in [6, 6.07) is 0. The SMILES string of the molecule is CC(=O)N1CCO[C@H](CNc2nccnc2C(=O)O)C1. The zero-order valence-corrected chi connectivity index (χ0v) is 11.1. The van der Waals surface area contributed by atoms with Gasteiger partial charge in [0.25, 0.3) is 0 Å². The van der Waals surface area contributed by atoms with Crippen LogP contribution in [0.4, 0.5) is 5.82 Å². The van der Waals surface area contributed by atoms with Gasteiger partial charge in [0.05, 0.1) is 12.7 Å². The summed E-state index contributed by atoms with van der Waals surface area (Å²) in [7, 11) is 0. The van der Waals surface area contributed by atoms with Gasteiger partial charge in [0.2, 0.25) is 5.91 Å². The van der Waals surface area contributed by atoms with Gasteiger partial charge in [-0.25, -0.2) is 14.8 Å². The van der Waals surface area contributed by atoms with Crippen LogP contribution in [0.1, 0.15) is 17.4 Å². The fourth-order valence-electron chi connectivity index (χ4n) is 1.96. The molecule has 0 aliphatic carbocycles. The lowest BCUT2D eigenvalue weighted by molar-refractivity contribution is -0.135. The number of carboxylic acid groups (broad SMARTS) is 1. The Morgan fingerprint density at radius 1 is 1.50 bits per heavy atom. The molecule has 1 aromatic rings. The average molecular weight is 280 g/mol. The smallest absolute Gasteiger partial charge is 0.358 e. The number of ether oxygens (including phenoxy) is 1. The Labute approximate surface area is 115 Å². The standard InChI is InChI=1S/C12H16N4O4/c1-8(17)16-4-5-20-9(7-16)6-15-11-10(12(18)19)13-2-3-14-11/h2-3,9H,4-7H2,1H3,(H,14,15)(H,18,19)/t9-/m1/s1. The molecule has 8 nitrogen and oxygen atoms in total. The summed E-state index contributed by atoms with van der Waals surface area (Å²) in [6.07, 6.45) is 2.54. The first-order chi connectivity index (χ1) is 9.58. The predicted molar refractivity (Wildman–Crippen MR) is 69.5 cm³/mol. The molecule has 0 radical (unpaired) electrons. The molecule has 20 heavy (non-hydrogen) atoms. The maximum atomic E-state index is 11.3. The number of hydrogen-bond acceptors (Lipinski definition) is 6. The number of aromatic carboxylic acids is 1. The Morgan fingerprint density at radius 2 is 2.25 bits per heavy atom. The van der Waals surface area contributed by atoms with E-state index in [9.17, 15) is 9.59 Å². The summed E-state index contributed by atoms with van der Waals surface area (Å²) in [4.78, 5) is 31.7. The molecular formula is C12H16N4O4. The zero-order valence-electron chi connectivity index (χ0n) is 11.1. The Kier molecular flexibility index (Phi) is 4.46. The molecule has 1 saturated heterocycles. The van der Waals surface area contributed by atoms with Crippen molar-refractivity contribution in [3.63, 3.8) is 0 Å². The molecule has 8 heteroatoms. The highest BCUT2D eigenvalue weighted by Gasteiger charge is 2.22. The van der Waals surface area contributed by atoms with Gasteiger partial charge in [-0.2, -0.15) is 0 Å². The number of carboxylic acids is 1. The molecule has 1 amide bonds. The molecular weight excluding hydrogens is 264 g/mol. The summed E-state index contributed by atoms with van der Waals surface area (Å²) in [5.41, 5.74) is -0.133. The van der Waals surface area contributed by atoms with Gasteiger partial charge in [-0.3, -0.25) is 4.79 Å². The number of carbonyl (C=O) groups is 2. The number of anilines is 1. The second-order valence-electron chi connectivity index (χ2n) is 4.40. The van der Waals surface area contributed by atoms with Crippen molar-refractivity contribution >= 4 is 17.7 Å². The van der Waals surface area contributed by atoms with Gasteiger partial charge in [0.1, 0.15) is 0 Å². The summed E-state index contributed by atoms with van der Waals surface area (Å²) in [5, 5.41) is 11.9. The molecule has 1 fully saturated rings. The Balaban J connectivity index is 1.95. The van der Waals surface area contributed by atoms with Crippen LogP contribution >= 0.6 is 0 Å².